The lowest BCUT2D eigenvalue weighted by Crippen LogP contribution is -2.23. The van der Waals surface area contributed by atoms with E-state index in [0.29, 0.717) is 16.5 Å². The molecule has 0 saturated heterocycles. The van der Waals surface area contributed by atoms with Crippen molar-refractivity contribution < 1.29 is 19.1 Å². The molecule has 3 aromatic carbocycles. The minimum absolute atomic E-state index is 0.280. The summed E-state index contributed by atoms with van der Waals surface area (Å²) >= 11 is 5.95. The van der Waals surface area contributed by atoms with E-state index in [4.69, 9.17) is 21.1 Å². The fourth-order valence-corrected chi connectivity index (χ4v) is 2.52. The van der Waals surface area contributed by atoms with Gasteiger partial charge in [0.05, 0.1) is 10.7 Å². The fraction of sp³-hybridized carbons (Fsp3) is 0.100. The number of carbonyl (C=O) groups excluding carboxylic acids is 2. The van der Waals surface area contributed by atoms with E-state index in [-0.39, 0.29) is 6.61 Å². The van der Waals surface area contributed by atoms with Crippen molar-refractivity contribution in [3.05, 3.63) is 71.8 Å². The Balaban J connectivity index is 1.46. The fourth-order valence-electron chi connectivity index (χ4n) is 2.34. The molecular weight excluding hydrogens is 354 g/mol. The van der Waals surface area contributed by atoms with Crippen LogP contribution in [0.25, 0.3) is 10.8 Å². The molecule has 132 valence electrons. The summed E-state index contributed by atoms with van der Waals surface area (Å²) in [7, 11) is 0. The molecule has 0 fully saturated rings. The van der Waals surface area contributed by atoms with Crippen LogP contribution in [-0.2, 0) is 14.3 Å². The van der Waals surface area contributed by atoms with Crippen LogP contribution < -0.4 is 10.1 Å². The number of carbonyl (C=O) groups is 2. The number of nitrogens with one attached hydrogen (secondary N) is 1. The van der Waals surface area contributed by atoms with Crippen molar-refractivity contribution in [3.8, 4) is 5.75 Å². The van der Waals surface area contributed by atoms with Crippen molar-refractivity contribution in [2.75, 3.05) is 18.5 Å². The largest absolute Gasteiger partial charge is 0.482 e. The van der Waals surface area contributed by atoms with Crippen LogP contribution in [0, 0.1) is 0 Å². The number of anilines is 1. The van der Waals surface area contributed by atoms with Gasteiger partial charge < -0.3 is 14.8 Å². The van der Waals surface area contributed by atoms with Gasteiger partial charge in [0, 0.05) is 0 Å². The third-order valence-electron chi connectivity index (χ3n) is 3.59. The Labute approximate surface area is 155 Å². The van der Waals surface area contributed by atoms with Gasteiger partial charge in [0.1, 0.15) is 5.75 Å². The van der Waals surface area contributed by atoms with Crippen molar-refractivity contribution in [1.29, 1.82) is 0 Å². The van der Waals surface area contributed by atoms with Crippen LogP contribution in [0.2, 0.25) is 5.02 Å². The zero-order chi connectivity index (χ0) is 18.4. The molecule has 0 bridgehead atoms. The maximum atomic E-state index is 11.8. The zero-order valence-corrected chi connectivity index (χ0v) is 14.5. The van der Waals surface area contributed by atoms with Crippen molar-refractivity contribution in [2.45, 2.75) is 0 Å². The summed E-state index contributed by atoms with van der Waals surface area (Å²) in [5.74, 6) is -0.550. The SMILES string of the molecule is O=C(COC(=O)COc1ccc2ccccc2c1)Nc1ccccc1Cl. The van der Waals surface area contributed by atoms with E-state index >= 15 is 0 Å². The number of ether oxygens (including phenoxy) is 2. The summed E-state index contributed by atoms with van der Waals surface area (Å²) in [6, 6.07) is 20.2. The van der Waals surface area contributed by atoms with Crippen LogP contribution in [0.1, 0.15) is 0 Å². The van der Waals surface area contributed by atoms with E-state index in [1.54, 1.807) is 30.3 Å². The monoisotopic (exact) mass is 369 g/mol. The minimum Gasteiger partial charge on any atom is -0.482 e. The molecule has 3 aromatic rings. The molecule has 0 spiro atoms. The first-order valence-corrected chi connectivity index (χ1v) is 8.31. The van der Waals surface area contributed by atoms with Crippen LogP contribution >= 0.6 is 11.6 Å². The first-order chi connectivity index (χ1) is 12.6. The number of fused-ring (bicyclic) bond motifs is 1. The molecule has 3 rings (SSSR count). The van der Waals surface area contributed by atoms with E-state index in [2.05, 4.69) is 5.32 Å². The normalized spacial score (nSPS) is 10.3. The van der Waals surface area contributed by atoms with Crippen LogP contribution in [0.4, 0.5) is 5.69 Å². The van der Waals surface area contributed by atoms with Crippen molar-refractivity contribution in [1.82, 2.24) is 0 Å². The lowest BCUT2D eigenvalue weighted by molar-refractivity contribution is -0.149. The lowest BCUT2D eigenvalue weighted by Gasteiger charge is -2.09. The second-order valence-corrected chi connectivity index (χ2v) is 5.89. The molecule has 0 radical (unpaired) electrons. The lowest BCUT2D eigenvalue weighted by atomic mass is 10.1. The summed E-state index contributed by atoms with van der Waals surface area (Å²) in [6.45, 7) is -0.692. The molecule has 0 unspecified atom stereocenters. The first kappa shape index (κ1) is 17.8. The zero-order valence-electron chi connectivity index (χ0n) is 13.8. The van der Waals surface area contributed by atoms with Crippen molar-refractivity contribution in [2.24, 2.45) is 0 Å². The number of hydrogen-bond acceptors (Lipinski definition) is 4. The molecule has 1 N–H and O–H groups in total. The van der Waals surface area contributed by atoms with Gasteiger partial charge in [0.2, 0.25) is 0 Å². The molecule has 0 atom stereocenters. The topological polar surface area (TPSA) is 64.6 Å². The van der Waals surface area contributed by atoms with E-state index in [9.17, 15) is 9.59 Å². The number of para-hydroxylation sites is 1. The van der Waals surface area contributed by atoms with Gasteiger partial charge in [-0.3, -0.25) is 4.79 Å². The maximum absolute atomic E-state index is 11.8. The average Bonchev–Trinajstić information content (AvgIpc) is 2.66. The van der Waals surface area contributed by atoms with Gasteiger partial charge in [-0.2, -0.15) is 0 Å². The summed E-state index contributed by atoms with van der Waals surface area (Å²) in [6.07, 6.45) is 0. The van der Waals surface area contributed by atoms with E-state index < -0.39 is 18.5 Å². The Morgan fingerprint density at radius 1 is 0.885 bits per heavy atom. The summed E-state index contributed by atoms with van der Waals surface area (Å²) in [5.41, 5.74) is 0.461. The number of halogens is 1. The Morgan fingerprint density at radius 3 is 2.42 bits per heavy atom. The predicted octanol–water partition coefficient (Wildman–Crippen LogP) is 4.05. The highest BCUT2D eigenvalue weighted by Crippen LogP contribution is 2.21. The third kappa shape index (κ3) is 4.74. The molecule has 5 nitrogen and oxygen atoms in total. The number of benzene rings is 3. The Bertz CT molecular complexity index is 942. The van der Waals surface area contributed by atoms with E-state index in [1.165, 1.54) is 0 Å². The predicted molar refractivity (Wildman–Crippen MR) is 100 cm³/mol. The Morgan fingerprint density at radius 2 is 1.62 bits per heavy atom. The Hall–Kier alpha value is -3.05. The van der Waals surface area contributed by atoms with E-state index in [0.717, 1.165) is 10.8 Å². The highest BCUT2D eigenvalue weighted by molar-refractivity contribution is 6.33. The summed E-state index contributed by atoms with van der Waals surface area (Å²) < 4.78 is 10.3. The van der Waals surface area contributed by atoms with Gasteiger partial charge in [0.15, 0.2) is 13.2 Å². The van der Waals surface area contributed by atoms with Gasteiger partial charge in [-0.05, 0) is 35.0 Å². The molecular formula is C20H16ClNO4. The van der Waals surface area contributed by atoms with Gasteiger partial charge in [-0.15, -0.1) is 0 Å². The van der Waals surface area contributed by atoms with Gasteiger partial charge in [-0.25, -0.2) is 4.79 Å². The number of rotatable bonds is 6. The van der Waals surface area contributed by atoms with Crippen molar-refractivity contribution >= 4 is 39.9 Å². The quantitative estimate of drug-likeness (QED) is 0.666. The van der Waals surface area contributed by atoms with Crippen LogP contribution in [0.3, 0.4) is 0 Å². The van der Waals surface area contributed by atoms with Gasteiger partial charge >= 0.3 is 5.97 Å². The third-order valence-corrected chi connectivity index (χ3v) is 3.92. The number of esters is 1. The number of hydrogen-bond donors (Lipinski definition) is 1. The molecule has 0 aliphatic carbocycles. The maximum Gasteiger partial charge on any atom is 0.344 e. The van der Waals surface area contributed by atoms with Crippen LogP contribution in [0.15, 0.2) is 66.7 Å². The highest BCUT2D eigenvalue weighted by Gasteiger charge is 2.10. The van der Waals surface area contributed by atoms with Gasteiger partial charge in [0.25, 0.3) is 5.91 Å². The standard InChI is InChI=1S/C20H16ClNO4/c21-17-7-3-4-8-18(17)22-19(23)12-26-20(24)13-25-16-10-9-14-5-1-2-6-15(14)11-16/h1-11H,12-13H2,(H,22,23). The number of amides is 1. The highest BCUT2D eigenvalue weighted by atomic mass is 35.5. The second kappa shape index (κ2) is 8.36. The van der Waals surface area contributed by atoms with Gasteiger partial charge in [-0.1, -0.05) is 54.1 Å². The van der Waals surface area contributed by atoms with Crippen LogP contribution in [0.5, 0.6) is 5.75 Å². The molecule has 0 saturated carbocycles. The molecule has 0 heterocycles. The second-order valence-electron chi connectivity index (χ2n) is 5.49. The molecule has 1 amide bonds. The van der Waals surface area contributed by atoms with E-state index in [1.807, 2.05) is 36.4 Å². The molecule has 0 aromatic heterocycles. The molecule has 26 heavy (non-hydrogen) atoms. The van der Waals surface area contributed by atoms with Crippen molar-refractivity contribution in [3.63, 3.8) is 0 Å². The smallest absolute Gasteiger partial charge is 0.344 e. The molecule has 0 aliphatic heterocycles. The Kier molecular flexibility index (Phi) is 5.71. The van der Waals surface area contributed by atoms with Crippen LogP contribution in [-0.4, -0.2) is 25.1 Å². The average molecular weight is 370 g/mol. The minimum atomic E-state index is -0.632. The molecule has 6 heteroatoms. The first-order valence-electron chi connectivity index (χ1n) is 7.93. The molecule has 0 aliphatic rings. The summed E-state index contributed by atoms with van der Waals surface area (Å²) in [5, 5.41) is 5.07. The summed E-state index contributed by atoms with van der Waals surface area (Å²) in [4.78, 5) is 23.6.